The lowest BCUT2D eigenvalue weighted by Gasteiger charge is -2.26. The van der Waals surface area contributed by atoms with Crippen LogP contribution in [0.1, 0.15) is 18.4 Å². The summed E-state index contributed by atoms with van der Waals surface area (Å²) < 4.78 is 18.7. The third-order valence-corrected chi connectivity index (χ3v) is 3.80. The number of hydrogen-bond acceptors (Lipinski definition) is 2. The Hall–Kier alpha value is -1.09. The summed E-state index contributed by atoms with van der Waals surface area (Å²) in [6, 6.07) is 4.80. The summed E-state index contributed by atoms with van der Waals surface area (Å²) >= 11 is 0. The molecule has 2 atom stereocenters. The molecule has 3 heteroatoms. The zero-order valence-corrected chi connectivity index (χ0v) is 8.50. The van der Waals surface area contributed by atoms with Crippen LogP contribution in [0, 0.1) is 11.7 Å². The molecule has 1 aliphatic carbocycles. The fourth-order valence-corrected chi connectivity index (χ4v) is 2.82. The molecule has 1 spiro atoms. The Balaban J connectivity index is 2.07. The maximum Gasteiger partial charge on any atom is 0.123 e. The molecule has 15 heavy (non-hydrogen) atoms. The fraction of sp³-hybridized carbons (Fsp3) is 0.500. The van der Waals surface area contributed by atoms with Crippen LogP contribution in [0.3, 0.4) is 0 Å². The Labute approximate surface area is 88.2 Å². The molecule has 1 aliphatic heterocycles. The molecule has 1 aromatic rings. The summed E-state index contributed by atoms with van der Waals surface area (Å²) in [6.45, 7) is 1.42. The first-order valence-electron chi connectivity index (χ1n) is 5.39. The summed E-state index contributed by atoms with van der Waals surface area (Å²) in [5.74, 6) is 1.18. The molecule has 2 aliphatic rings. The summed E-state index contributed by atoms with van der Waals surface area (Å²) in [5.41, 5.74) is 6.86. The first-order chi connectivity index (χ1) is 7.26. The molecule has 3 rings (SSSR count). The molecular formula is C12H14FNO. The average molecular weight is 207 g/mol. The van der Waals surface area contributed by atoms with Gasteiger partial charge < -0.3 is 10.5 Å². The summed E-state index contributed by atoms with van der Waals surface area (Å²) in [7, 11) is 0. The molecule has 0 unspecified atom stereocenters. The Morgan fingerprint density at radius 1 is 1.53 bits per heavy atom. The van der Waals surface area contributed by atoms with Gasteiger partial charge >= 0.3 is 0 Å². The van der Waals surface area contributed by atoms with Crippen LogP contribution in [0.15, 0.2) is 18.2 Å². The minimum Gasteiger partial charge on any atom is -0.493 e. The van der Waals surface area contributed by atoms with Crippen molar-refractivity contribution < 1.29 is 9.13 Å². The van der Waals surface area contributed by atoms with Crippen molar-refractivity contribution in [1.82, 2.24) is 0 Å². The van der Waals surface area contributed by atoms with Crippen molar-refractivity contribution in [2.45, 2.75) is 18.3 Å². The van der Waals surface area contributed by atoms with Gasteiger partial charge in [-0.2, -0.15) is 0 Å². The first-order valence-corrected chi connectivity index (χ1v) is 5.39. The van der Waals surface area contributed by atoms with Gasteiger partial charge in [0.2, 0.25) is 0 Å². The highest BCUT2D eigenvalue weighted by Gasteiger charge is 2.56. The Morgan fingerprint density at radius 3 is 3.13 bits per heavy atom. The van der Waals surface area contributed by atoms with Gasteiger partial charge in [-0.05, 0) is 43.5 Å². The monoisotopic (exact) mass is 207 g/mol. The molecule has 0 radical (unpaired) electrons. The molecule has 0 saturated heterocycles. The summed E-state index contributed by atoms with van der Waals surface area (Å²) in [4.78, 5) is 0. The van der Waals surface area contributed by atoms with E-state index in [9.17, 15) is 4.39 Å². The minimum atomic E-state index is -0.179. The maximum absolute atomic E-state index is 13.2. The molecule has 1 aromatic carbocycles. The van der Waals surface area contributed by atoms with E-state index in [1.165, 1.54) is 6.07 Å². The van der Waals surface area contributed by atoms with E-state index in [0.717, 1.165) is 30.8 Å². The third kappa shape index (κ3) is 1.19. The van der Waals surface area contributed by atoms with Crippen molar-refractivity contribution in [1.29, 1.82) is 0 Å². The zero-order chi connectivity index (χ0) is 10.5. The highest BCUT2D eigenvalue weighted by Crippen LogP contribution is 2.60. The highest BCUT2D eigenvalue weighted by atomic mass is 19.1. The second kappa shape index (κ2) is 2.95. The lowest BCUT2D eigenvalue weighted by Crippen LogP contribution is -2.24. The zero-order valence-electron chi connectivity index (χ0n) is 8.50. The molecule has 0 aromatic heterocycles. The molecule has 0 amide bonds. The second-order valence-corrected chi connectivity index (χ2v) is 4.53. The van der Waals surface area contributed by atoms with E-state index in [1.54, 1.807) is 12.1 Å². The van der Waals surface area contributed by atoms with Crippen molar-refractivity contribution in [3.05, 3.63) is 29.6 Å². The van der Waals surface area contributed by atoms with Gasteiger partial charge in [0, 0.05) is 11.0 Å². The SMILES string of the molecule is NC[C@@H]1C[C@@]12CCOc1ccc(F)cc12. The smallest absolute Gasteiger partial charge is 0.123 e. The molecular weight excluding hydrogens is 193 g/mol. The van der Waals surface area contributed by atoms with Crippen LogP contribution in [0.2, 0.25) is 0 Å². The van der Waals surface area contributed by atoms with Crippen LogP contribution in [0.4, 0.5) is 4.39 Å². The fourth-order valence-electron chi connectivity index (χ4n) is 2.82. The highest BCUT2D eigenvalue weighted by molar-refractivity contribution is 5.46. The van der Waals surface area contributed by atoms with E-state index in [4.69, 9.17) is 10.5 Å². The molecule has 0 bridgehead atoms. The van der Waals surface area contributed by atoms with E-state index in [-0.39, 0.29) is 11.2 Å². The molecule has 1 saturated carbocycles. The third-order valence-electron chi connectivity index (χ3n) is 3.80. The summed E-state index contributed by atoms with van der Waals surface area (Å²) in [5, 5.41) is 0. The first kappa shape index (κ1) is 9.16. The predicted molar refractivity (Wildman–Crippen MR) is 55.4 cm³/mol. The maximum atomic E-state index is 13.2. The summed E-state index contributed by atoms with van der Waals surface area (Å²) in [6.07, 6.45) is 2.06. The molecule has 2 nitrogen and oxygen atoms in total. The number of halogens is 1. The Kier molecular flexibility index (Phi) is 1.80. The number of hydrogen-bond donors (Lipinski definition) is 1. The van der Waals surface area contributed by atoms with Crippen molar-refractivity contribution >= 4 is 0 Å². The van der Waals surface area contributed by atoms with E-state index < -0.39 is 0 Å². The molecule has 1 heterocycles. The van der Waals surface area contributed by atoms with Crippen LogP contribution >= 0.6 is 0 Å². The number of benzene rings is 1. The van der Waals surface area contributed by atoms with Gasteiger partial charge in [-0.3, -0.25) is 0 Å². The van der Waals surface area contributed by atoms with Gasteiger partial charge in [0.05, 0.1) is 6.61 Å². The normalized spacial score (nSPS) is 32.3. The van der Waals surface area contributed by atoms with Crippen LogP contribution < -0.4 is 10.5 Å². The standard InChI is InChI=1S/C12H14FNO/c13-9-1-2-11-10(5-9)12(3-4-15-11)6-8(12)7-14/h1-2,5,8H,3-4,6-7,14H2/t8-,12-/m0/s1. The molecule has 80 valence electrons. The topological polar surface area (TPSA) is 35.2 Å². The van der Waals surface area contributed by atoms with Crippen LogP contribution in [0.25, 0.3) is 0 Å². The van der Waals surface area contributed by atoms with Crippen LogP contribution in [-0.2, 0) is 5.41 Å². The average Bonchev–Trinajstić information content (AvgIpc) is 2.94. The van der Waals surface area contributed by atoms with Crippen molar-refractivity contribution in [2.75, 3.05) is 13.2 Å². The molecule has 2 N–H and O–H groups in total. The van der Waals surface area contributed by atoms with Gasteiger partial charge in [0.1, 0.15) is 11.6 Å². The van der Waals surface area contributed by atoms with Gasteiger partial charge in [-0.1, -0.05) is 0 Å². The van der Waals surface area contributed by atoms with Gasteiger partial charge in [-0.15, -0.1) is 0 Å². The van der Waals surface area contributed by atoms with Gasteiger partial charge in [-0.25, -0.2) is 4.39 Å². The Bertz CT molecular complexity index is 407. The van der Waals surface area contributed by atoms with Gasteiger partial charge in [0.25, 0.3) is 0 Å². The Morgan fingerprint density at radius 2 is 2.40 bits per heavy atom. The largest absolute Gasteiger partial charge is 0.493 e. The number of ether oxygens (including phenoxy) is 1. The van der Waals surface area contributed by atoms with Gasteiger partial charge in [0.15, 0.2) is 0 Å². The second-order valence-electron chi connectivity index (χ2n) is 4.53. The van der Waals surface area contributed by atoms with Crippen LogP contribution in [0.5, 0.6) is 5.75 Å². The van der Waals surface area contributed by atoms with E-state index in [2.05, 4.69) is 0 Å². The van der Waals surface area contributed by atoms with E-state index in [0.29, 0.717) is 12.5 Å². The van der Waals surface area contributed by atoms with E-state index in [1.807, 2.05) is 0 Å². The van der Waals surface area contributed by atoms with Crippen LogP contribution in [-0.4, -0.2) is 13.2 Å². The number of nitrogens with two attached hydrogens (primary N) is 1. The quantitative estimate of drug-likeness (QED) is 0.762. The van der Waals surface area contributed by atoms with Crippen molar-refractivity contribution in [2.24, 2.45) is 11.7 Å². The predicted octanol–water partition coefficient (Wildman–Crippen LogP) is 1.82. The van der Waals surface area contributed by atoms with E-state index >= 15 is 0 Å². The lowest BCUT2D eigenvalue weighted by atomic mass is 9.87. The minimum absolute atomic E-state index is 0.129. The lowest BCUT2D eigenvalue weighted by molar-refractivity contribution is 0.253. The molecule has 1 fully saturated rings. The number of rotatable bonds is 1. The van der Waals surface area contributed by atoms with Crippen molar-refractivity contribution in [3.8, 4) is 5.75 Å². The number of fused-ring (bicyclic) bond motifs is 2. The van der Waals surface area contributed by atoms with Crippen molar-refractivity contribution in [3.63, 3.8) is 0 Å².